The highest BCUT2D eigenvalue weighted by Gasteiger charge is 2.34. The average molecular weight is 329 g/mol. The maximum absolute atomic E-state index is 12.3. The summed E-state index contributed by atoms with van der Waals surface area (Å²) in [6, 6.07) is 9.46. The van der Waals surface area contributed by atoms with E-state index in [4.69, 9.17) is 4.74 Å². The first-order valence-electron chi connectivity index (χ1n) is 8.21. The van der Waals surface area contributed by atoms with E-state index in [1.807, 2.05) is 43.5 Å². The molecule has 1 N–H and O–H groups in total. The predicted molar refractivity (Wildman–Crippen MR) is 89.7 cm³/mol. The van der Waals surface area contributed by atoms with E-state index in [2.05, 4.69) is 5.10 Å². The standard InChI is InChI=1S/C18H23N3O3/c1-15-11-19-21(12-15)13-17(22)20-9-7-18(23,8-10-20)14-24-16-5-3-2-4-6-16/h2-6,11-12,23H,7-10,13-14H2,1H3. The second kappa shape index (κ2) is 7.05. The smallest absolute Gasteiger partial charge is 0.244 e. The molecule has 1 aliphatic rings. The molecular weight excluding hydrogens is 306 g/mol. The first-order chi connectivity index (χ1) is 11.5. The molecule has 24 heavy (non-hydrogen) atoms. The monoisotopic (exact) mass is 329 g/mol. The van der Waals surface area contributed by atoms with Gasteiger partial charge < -0.3 is 14.7 Å². The number of rotatable bonds is 5. The van der Waals surface area contributed by atoms with Crippen LogP contribution >= 0.6 is 0 Å². The topological polar surface area (TPSA) is 67.6 Å². The molecule has 1 amide bonds. The summed E-state index contributed by atoms with van der Waals surface area (Å²) >= 11 is 0. The molecule has 0 bridgehead atoms. The Morgan fingerprint density at radius 3 is 2.62 bits per heavy atom. The molecule has 0 unspecified atom stereocenters. The second-order valence-electron chi connectivity index (χ2n) is 6.42. The zero-order valence-electron chi connectivity index (χ0n) is 13.9. The van der Waals surface area contributed by atoms with E-state index < -0.39 is 5.60 Å². The average Bonchev–Trinajstić information content (AvgIpc) is 2.99. The number of likely N-dealkylation sites (tertiary alicyclic amines) is 1. The Labute approximate surface area is 141 Å². The van der Waals surface area contributed by atoms with Gasteiger partial charge in [0.05, 0.1) is 6.20 Å². The molecule has 3 rings (SSSR count). The molecule has 0 aliphatic carbocycles. The summed E-state index contributed by atoms with van der Waals surface area (Å²) in [5, 5.41) is 14.8. The largest absolute Gasteiger partial charge is 0.491 e. The second-order valence-corrected chi connectivity index (χ2v) is 6.42. The molecule has 6 nitrogen and oxygen atoms in total. The van der Waals surface area contributed by atoms with E-state index in [1.165, 1.54) is 0 Å². The van der Waals surface area contributed by atoms with Crippen molar-refractivity contribution in [1.29, 1.82) is 0 Å². The lowest BCUT2D eigenvalue weighted by molar-refractivity contribution is -0.137. The van der Waals surface area contributed by atoms with Crippen LogP contribution in [-0.2, 0) is 11.3 Å². The van der Waals surface area contributed by atoms with Crippen molar-refractivity contribution in [2.45, 2.75) is 31.9 Å². The summed E-state index contributed by atoms with van der Waals surface area (Å²) in [6.07, 6.45) is 4.63. The van der Waals surface area contributed by atoms with Crippen LogP contribution in [0.25, 0.3) is 0 Å². The van der Waals surface area contributed by atoms with Crippen LogP contribution in [-0.4, -0.2) is 51.0 Å². The van der Waals surface area contributed by atoms with Crippen molar-refractivity contribution < 1.29 is 14.6 Å². The van der Waals surface area contributed by atoms with E-state index in [-0.39, 0.29) is 19.1 Å². The molecule has 0 spiro atoms. The van der Waals surface area contributed by atoms with Crippen molar-refractivity contribution in [2.24, 2.45) is 0 Å². The fourth-order valence-corrected chi connectivity index (χ4v) is 2.84. The van der Waals surface area contributed by atoms with Crippen LogP contribution in [0.2, 0.25) is 0 Å². The van der Waals surface area contributed by atoms with Crippen molar-refractivity contribution in [3.63, 3.8) is 0 Å². The Balaban J connectivity index is 1.48. The third-order valence-electron chi connectivity index (χ3n) is 4.36. The lowest BCUT2D eigenvalue weighted by atomic mass is 9.92. The van der Waals surface area contributed by atoms with E-state index in [1.54, 1.807) is 15.8 Å². The molecule has 6 heteroatoms. The fourth-order valence-electron chi connectivity index (χ4n) is 2.84. The van der Waals surface area contributed by atoms with Gasteiger partial charge in [-0.2, -0.15) is 5.10 Å². The molecule has 2 aromatic rings. The van der Waals surface area contributed by atoms with Crippen LogP contribution < -0.4 is 4.74 Å². The van der Waals surface area contributed by atoms with Gasteiger partial charge in [0, 0.05) is 19.3 Å². The minimum absolute atomic E-state index is 0.0316. The third kappa shape index (κ3) is 4.14. The maximum atomic E-state index is 12.3. The number of carbonyl (C=O) groups is 1. The minimum Gasteiger partial charge on any atom is -0.491 e. The van der Waals surface area contributed by atoms with Crippen LogP contribution in [0.15, 0.2) is 42.7 Å². The first-order valence-corrected chi connectivity index (χ1v) is 8.21. The number of ether oxygens (including phenoxy) is 1. The molecule has 0 atom stereocenters. The van der Waals surface area contributed by atoms with E-state index in [0.29, 0.717) is 25.9 Å². The molecule has 0 saturated carbocycles. The van der Waals surface area contributed by atoms with Gasteiger partial charge in [-0.3, -0.25) is 9.48 Å². The van der Waals surface area contributed by atoms with Crippen LogP contribution in [0.1, 0.15) is 18.4 Å². The van der Waals surface area contributed by atoms with Crippen molar-refractivity contribution in [3.8, 4) is 5.75 Å². The van der Waals surface area contributed by atoms with Gasteiger partial charge in [0.15, 0.2) is 0 Å². The molecule has 0 radical (unpaired) electrons. The summed E-state index contributed by atoms with van der Waals surface area (Å²) in [5.41, 5.74) is 0.156. The normalized spacial score (nSPS) is 16.8. The van der Waals surface area contributed by atoms with Gasteiger partial charge in [-0.25, -0.2) is 0 Å². The molecule has 1 fully saturated rings. The molecule has 1 aromatic carbocycles. The van der Waals surface area contributed by atoms with E-state index >= 15 is 0 Å². The number of aromatic nitrogens is 2. The van der Waals surface area contributed by atoms with Crippen LogP contribution in [0.5, 0.6) is 5.75 Å². The van der Waals surface area contributed by atoms with Crippen LogP contribution in [0.4, 0.5) is 0 Å². The number of benzene rings is 1. The summed E-state index contributed by atoms with van der Waals surface area (Å²) in [5.74, 6) is 0.780. The molecule has 2 heterocycles. The number of hydrogen-bond acceptors (Lipinski definition) is 4. The van der Waals surface area contributed by atoms with Gasteiger partial charge >= 0.3 is 0 Å². The number of aryl methyl sites for hydroxylation is 1. The van der Waals surface area contributed by atoms with Gasteiger partial charge in [-0.1, -0.05) is 18.2 Å². The number of para-hydroxylation sites is 1. The summed E-state index contributed by atoms with van der Waals surface area (Å²) in [6.45, 7) is 3.51. The summed E-state index contributed by atoms with van der Waals surface area (Å²) < 4.78 is 7.32. The Morgan fingerprint density at radius 2 is 2.00 bits per heavy atom. The highest BCUT2D eigenvalue weighted by atomic mass is 16.5. The minimum atomic E-state index is -0.880. The number of aliphatic hydroxyl groups is 1. The van der Waals surface area contributed by atoms with Gasteiger partial charge in [0.1, 0.15) is 24.5 Å². The quantitative estimate of drug-likeness (QED) is 0.905. The van der Waals surface area contributed by atoms with Gasteiger partial charge in [-0.05, 0) is 37.5 Å². The predicted octanol–water partition coefficient (Wildman–Crippen LogP) is 1.62. The Kier molecular flexibility index (Phi) is 4.85. The van der Waals surface area contributed by atoms with Gasteiger partial charge in [0.2, 0.25) is 5.91 Å². The molecule has 1 saturated heterocycles. The highest BCUT2D eigenvalue weighted by Crippen LogP contribution is 2.24. The number of nitrogens with zero attached hydrogens (tertiary/aromatic N) is 3. The summed E-state index contributed by atoms with van der Waals surface area (Å²) in [4.78, 5) is 14.1. The number of hydrogen-bond donors (Lipinski definition) is 1. The number of amides is 1. The SMILES string of the molecule is Cc1cnn(CC(=O)N2CCC(O)(COc3ccccc3)CC2)c1. The molecule has 128 valence electrons. The summed E-state index contributed by atoms with van der Waals surface area (Å²) in [7, 11) is 0. The molecule has 1 aromatic heterocycles. The maximum Gasteiger partial charge on any atom is 0.244 e. The number of piperidine rings is 1. The first kappa shape index (κ1) is 16.5. The van der Waals surface area contributed by atoms with E-state index in [0.717, 1.165) is 11.3 Å². The van der Waals surface area contributed by atoms with Crippen molar-refractivity contribution in [1.82, 2.24) is 14.7 Å². The van der Waals surface area contributed by atoms with Crippen molar-refractivity contribution in [2.75, 3.05) is 19.7 Å². The third-order valence-corrected chi connectivity index (χ3v) is 4.36. The van der Waals surface area contributed by atoms with Crippen LogP contribution in [0, 0.1) is 6.92 Å². The van der Waals surface area contributed by atoms with E-state index in [9.17, 15) is 9.90 Å². The lowest BCUT2D eigenvalue weighted by Gasteiger charge is -2.37. The van der Waals surface area contributed by atoms with Gasteiger partial charge in [-0.15, -0.1) is 0 Å². The Hall–Kier alpha value is -2.34. The molecule has 1 aliphatic heterocycles. The Morgan fingerprint density at radius 1 is 1.29 bits per heavy atom. The van der Waals surface area contributed by atoms with Crippen molar-refractivity contribution in [3.05, 3.63) is 48.3 Å². The van der Waals surface area contributed by atoms with Gasteiger partial charge in [0.25, 0.3) is 0 Å². The zero-order chi connectivity index (χ0) is 17.0. The van der Waals surface area contributed by atoms with Crippen LogP contribution in [0.3, 0.4) is 0 Å². The lowest BCUT2D eigenvalue weighted by Crippen LogP contribution is -2.50. The Bertz CT molecular complexity index is 676. The molecular formula is C18H23N3O3. The number of carbonyl (C=O) groups excluding carboxylic acids is 1. The van der Waals surface area contributed by atoms with Crippen molar-refractivity contribution >= 4 is 5.91 Å². The fraction of sp³-hybridized carbons (Fsp3) is 0.444. The zero-order valence-corrected chi connectivity index (χ0v) is 13.9. The highest BCUT2D eigenvalue weighted by molar-refractivity contribution is 5.76.